The summed E-state index contributed by atoms with van der Waals surface area (Å²) >= 11 is 5.85. The fourth-order valence-corrected chi connectivity index (χ4v) is 3.01. The molecule has 1 aromatic rings. The third-order valence-corrected chi connectivity index (χ3v) is 4.67. The first-order valence-corrected chi connectivity index (χ1v) is 10.2. The van der Waals surface area contributed by atoms with Gasteiger partial charge in [-0.15, -0.1) is 0 Å². The zero-order chi connectivity index (χ0) is 19.0. The van der Waals surface area contributed by atoms with Crippen LogP contribution in [0.4, 0.5) is 0 Å². The van der Waals surface area contributed by atoms with Crippen molar-refractivity contribution in [2.75, 3.05) is 6.54 Å². The Morgan fingerprint density at radius 1 is 0.808 bits per heavy atom. The molecule has 4 nitrogen and oxygen atoms in total. The molecule has 26 heavy (non-hydrogen) atoms. The summed E-state index contributed by atoms with van der Waals surface area (Å²) in [6.07, 6.45) is 11.3. The minimum atomic E-state index is -0.697. The minimum absolute atomic E-state index is 0.136. The third kappa shape index (κ3) is 12.8. The number of aryl methyl sites for hydroxylation is 1. The van der Waals surface area contributed by atoms with E-state index in [2.05, 4.69) is 5.32 Å². The van der Waals surface area contributed by atoms with Gasteiger partial charge in [0.05, 0.1) is 0 Å². The third-order valence-electron chi connectivity index (χ3n) is 4.42. The number of carbonyl (C=O) groups is 2. The van der Waals surface area contributed by atoms with Gasteiger partial charge in [0.25, 0.3) is 0 Å². The molecule has 0 aliphatic carbocycles. The van der Waals surface area contributed by atoms with Crippen LogP contribution in [0.5, 0.6) is 0 Å². The quantitative estimate of drug-likeness (QED) is 0.401. The Morgan fingerprint density at radius 2 is 1.38 bits per heavy atom. The first kappa shape index (κ1) is 22.5. The monoisotopic (exact) mass is 381 g/mol. The van der Waals surface area contributed by atoms with E-state index in [1.807, 2.05) is 24.3 Å². The Kier molecular flexibility index (Phi) is 12.6. The minimum Gasteiger partial charge on any atom is -0.481 e. The zero-order valence-corrected chi connectivity index (χ0v) is 16.4. The number of carbonyl (C=O) groups excluding carboxylic acids is 1. The number of hydrogen-bond donors (Lipinski definition) is 2. The van der Waals surface area contributed by atoms with Crippen LogP contribution in [0.15, 0.2) is 24.3 Å². The van der Waals surface area contributed by atoms with Crippen molar-refractivity contribution in [2.45, 2.75) is 77.0 Å². The standard InChI is InChI=1S/C21H32ClNO3/c22-19-15-13-18(14-16-19)10-9-11-20(24)23-17-8-6-4-2-1-3-5-7-12-21(25)26/h13-16H,1-12,17H2,(H,23,24)(H,25,26). The molecule has 0 unspecified atom stereocenters. The van der Waals surface area contributed by atoms with E-state index < -0.39 is 5.97 Å². The molecule has 146 valence electrons. The maximum Gasteiger partial charge on any atom is 0.303 e. The molecule has 1 aromatic carbocycles. The molecule has 0 bridgehead atoms. The van der Waals surface area contributed by atoms with Crippen molar-refractivity contribution >= 4 is 23.5 Å². The highest BCUT2D eigenvalue weighted by molar-refractivity contribution is 6.30. The summed E-state index contributed by atoms with van der Waals surface area (Å²) in [5.74, 6) is -0.561. The Bertz CT molecular complexity index is 516. The molecular formula is C21H32ClNO3. The maximum atomic E-state index is 11.8. The molecule has 1 rings (SSSR count). The molecule has 0 aromatic heterocycles. The van der Waals surface area contributed by atoms with Crippen LogP contribution in [0, 0.1) is 0 Å². The van der Waals surface area contributed by atoms with Crippen LogP contribution in [0.1, 0.15) is 76.2 Å². The lowest BCUT2D eigenvalue weighted by Gasteiger charge is -2.06. The lowest BCUT2D eigenvalue weighted by atomic mass is 10.1. The highest BCUT2D eigenvalue weighted by atomic mass is 35.5. The molecule has 5 heteroatoms. The van der Waals surface area contributed by atoms with Crippen molar-refractivity contribution in [2.24, 2.45) is 0 Å². The Labute approximate surface area is 162 Å². The SMILES string of the molecule is O=C(O)CCCCCCCCCCNC(=O)CCCc1ccc(Cl)cc1. The van der Waals surface area contributed by atoms with E-state index in [0.717, 1.165) is 56.5 Å². The summed E-state index contributed by atoms with van der Waals surface area (Å²) in [4.78, 5) is 22.2. The van der Waals surface area contributed by atoms with Gasteiger partial charge >= 0.3 is 5.97 Å². The first-order chi connectivity index (χ1) is 12.6. The molecule has 0 spiro atoms. The van der Waals surface area contributed by atoms with Crippen LogP contribution in [0.2, 0.25) is 5.02 Å². The van der Waals surface area contributed by atoms with E-state index in [1.54, 1.807) is 0 Å². The van der Waals surface area contributed by atoms with Crippen molar-refractivity contribution < 1.29 is 14.7 Å². The van der Waals surface area contributed by atoms with Crippen LogP contribution in [-0.4, -0.2) is 23.5 Å². The van der Waals surface area contributed by atoms with Gasteiger partial charge < -0.3 is 10.4 Å². The Balaban J connectivity index is 1.86. The smallest absolute Gasteiger partial charge is 0.303 e. The normalized spacial score (nSPS) is 10.7. The van der Waals surface area contributed by atoms with Crippen molar-refractivity contribution in [3.05, 3.63) is 34.9 Å². The number of amides is 1. The van der Waals surface area contributed by atoms with E-state index in [9.17, 15) is 9.59 Å². The topological polar surface area (TPSA) is 66.4 Å². The van der Waals surface area contributed by atoms with Crippen LogP contribution < -0.4 is 5.32 Å². The van der Waals surface area contributed by atoms with Crippen molar-refractivity contribution in [3.8, 4) is 0 Å². The first-order valence-electron chi connectivity index (χ1n) is 9.81. The number of halogens is 1. The van der Waals surface area contributed by atoms with Gasteiger partial charge in [-0.25, -0.2) is 0 Å². The molecule has 0 heterocycles. The highest BCUT2D eigenvalue weighted by Gasteiger charge is 2.02. The summed E-state index contributed by atoms with van der Waals surface area (Å²) < 4.78 is 0. The van der Waals surface area contributed by atoms with E-state index in [1.165, 1.54) is 24.8 Å². The summed E-state index contributed by atoms with van der Waals surface area (Å²) in [6.45, 7) is 0.762. The van der Waals surface area contributed by atoms with Gasteiger partial charge in [-0.1, -0.05) is 62.3 Å². The van der Waals surface area contributed by atoms with Gasteiger partial charge in [0, 0.05) is 24.4 Å². The number of unbranched alkanes of at least 4 members (excludes halogenated alkanes) is 7. The average Bonchev–Trinajstić information content (AvgIpc) is 2.61. The molecule has 0 aliphatic rings. The predicted octanol–water partition coefficient (Wildman–Crippen LogP) is 5.37. The number of carboxylic acid groups (broad SMARTS) is 1. The Morgan fingerprint density at radius 3 is 2.00 bits per heavy atom. The van der Waals surface area contributed by atoms with E-state index in [4.69, 9.17) is 16.7 Å². The molecule has 0 fully saturated rings. The number of aliphatic carboxylic acids is 1. The van der Waals surface area contributed by atoms with E-state index in [0.29, 0.717) is 12.8 Å². The van der Waals surface area contributed by atoms with Gasteiger partial charge in [0.1, 0.15) is 0 Å². The largest absolute Gasteiger partial charge is 0.481 e. The number of carboxylic acids is 1. The number of benzene rings is 1. The lowest BCUT2D eigenvalue weighted by molar-refractivity contribution is -0.137. The van der Waals surface area contributed by atoms with Crippen molar-refractivity contribution in [3.63, 3.8) is 0 Å². The van der Waals surface area contributed by atoms with Crippen LogP contribution in [0.25, 0.3) is 0 Å². The molecule has 0 aliphatic heterocycles. The van der Waals surface area contributed by atoms with Crippen molar-refractivity contribution in [1.82, 2.24) is 5.32 Å². The molecule has 0 radical (unpaired) electrons. The van der Waals surface area contributed by atoms with Crippen LogP contribution in [-0.2, 0) is 16.0 Å². The van der Waals surface area contributed by atoms with Crippen LogP contribution in [0.3, 0.4) is 0 Å². The fraction of sp³-hybridized carbons (Fsp3) is 0.619. The average molecular weight is 382 g/mol. The number of rotatable bonds is 15. The van der Waals surface area contributed by atoms with Gasteiger partial charge in [-0.3, -0.25) is 9.59 Å². The van der Waals surface area contributed by atoms with Crippen molar-refractivity contribution in [1.29, 1.82) is 0 Å². The summed E-state index contributed by atoms with van der Waals surface area (Å²) in [5, 5.41) is 12.3. The van der Waals surface area contributed by atoms with E-state index >= 15 is 0 Å². The summed E-state index contributed by atoms with van der Waals surface area (Å²) in [5.41, 5.74) is 1.21. The molecule has 1 amide bonds. The summed E-state index contributed by atoms with van der Waals surface area (Å²) in [6, 6.07) is 7.78. The number of hydrogen-bond acceptors (Lipinski definition) is 2. The number of nitrogens with one attached hydrogen (secondary N) is 1. The summed E-state index contributed by atoms with van der Waals surface area (Å²) in [7, 11) is 0. The second-order valence-corrected chi connectivity index (χ2v) is 7.24. The second kappa shape index (κ2) is 14.6. The van der Waals surface area contributed by atoms with E-state index in [-0.39, 0.29) is 5.91 Å². The highest BCUT2D eigenvalue weighted by Crippen LogP contribution is 2.12. The van der Waals surface area contributed by atoms with Gasteiger partial charge in [-0.05, 0) is 43.4 Å². The van der Waals surface area contributed by atoms with Gasteiger partial charge in [-0.2, -0.15) is 0 Å². The molecule has 0 atom stereocenters. The van der Waals surface area contributed by atoms with Gasteiger partial charge in [0.2, 0.25) is 5.91 Å². The second-order valence-electron chi connectivity index (χ2n) is 6.80. The van der Waals surface area contributed by atoms with Gasteiger partial charge in [0.15, 0.2) is 0 Å². The fourth-order valence-electron chi connectivity index (χ4n) is 2.88. The Hall–Kier alpha value is -1.55. The molecule has 0 saturated carbocycles. The zero-order valence-electron chi connectivity index (χ0n) is 15.6. The molecule has 2 N–H and O–H groups in total. The predicted molar refractivity (Wildman–Crippen MR) is 107 cm³/mol. The maximum absolute atomic E-state index is 11.8. The molecule has 0 saturated heterocycles. The van der Waals surface area contributed by atoms with Crippen LogP contribution >= 0.6 is 11.6 Å². The lowest BCUT2D eigenvalue weighted by Crippen LogP contribution is -2.24. The molecular weight excluding hydrogens is 350 g/mol.